The first-order chi connectivity index (χ1) is 11.7. The number of aromatic nitrogens is 3. The van der Waals surface area contributed by atoms with Crippen LogP contribution in [-0.2, 0) is 0 Å². The number of rotatable bonds is 3. The molecule has 0 saturated heterocycles. The minimum Gasteiger partial charge on any atom is -0.313 e. The van der Waals surface area contributed by atoms with Crippen LogP contribution in [0.15, 0.2) is 60.8 Å². The van der Waals surface area contributed by atoms with Crippen LogP contribution in [0.5, 0.6) is 0 Å². The summed E-state index contributed by atoms with van der Waals surface area (Å²) in [6, 6.07) is 16.9. The summed E-state index contributed by atoms with van der Waals surface area (Å²) in [5.41, 5.74) is 1.55. The van der Waals surface area contributed by atoms with Crippen LogP contribution in [0.4, 0.5) is 5.00 Å². The molecule has 0 bridgehead atoms. The van der Waals surface area contributed by atoms with Gasteiger partial charge in [0.25, 0.3) is 5.91 Å². The van der Waals surface area contributed by atoms with Gasteiger partial charge >= 0.3 is 0 Å². The molecule has 0 aliphatic carbocycles. The molecule has 0 aliphatic heterocycles. The van der Waals surface area contributed by atoms with Crippen LogP contribution >= 0.6 is 11.3 Å². The summed E-state index contributed by atoms with van der Waals surface area (Å²) in [4.78, 5) is 17.6. The van der Waals surface area contributed by atoms with Gasteiger partial charge in [-0.25, -0.2) is 9.67 Å². The molecule has 0 spiro atoms. The number of anilines is 1. The topological polar surface area (TPSA) is 59.8 Å². The van der Waals surface area contributed by atoms with Crippen molar-refractivity contribution in [2.24, 2.45) is 0 Å². The van der Waals surface area contributed by atoms with Gasteiger partial charge in [-0.05, 0) is 37.3 Å². The van der Waals surface area contributed by atoms with E-state index in [0.717, 1.165) is 26.7 Å². The molecule has 5 nitrogen and oxygen atoms in total. The van der Waals surface area contributed by atoms with Gasteiger partial charge in [0.15, 0.2) is 5.82 Å². The lowest BCUT2D eigenvalue weighted by Gasteiger charge is -2.02. The van der Waals surface area contributed by atoms with Crippen LogP contribution in [0.3, 0.4) is 0 Å². The number of hydrogen-bond acceptors (Lipinski definition) is 4. The summed E-state index contributed by atoms with van der Waals surface area (Å²) in [6.45, 7) is 1.96. The normalized spacial score (nSPS) is 10.9. The molecule has 0 fully saturated rings. The van der Waals surface area contributed by atoms with Gasteiger partial charge in [-0.2, -0.15) is 5.10 Å². The van der Waals surface area contributed by atoms with Gasteiger partial charge < -0.3 is 5.32 Å². The SMILES string of the molecule is Cc1nn(-c2ccccn2)c2sc(NC(=O)c3ccccc3)cc12. The highest BCUT2D eigenvalue weighted by Crippen LogP contribution is 2.33. The average Bonchev–Trinajstić information content (AvgIpc) is 3.16. The molecule has 24 heavy (non-hydrogen) atoms. The van der Waals surface area contributed by atoms with Gasteiger partial charge in [0.1, 0.15) is 4.83 Å². The smallest absolute Gasteiger partial charge is 0.256 e. The molecule has 0 radical (unpaired) electrons. The molecule has 3 heterocycles. The Morgan fingerprint density at radius 3 is 2.67 bits per heavy atom. The first kappa shape index (κ1) is 14.6. The van der Waals surface area contributed by atoms with Crippen molar-refractivity contribution in [1.29, 1.82) is 0 Å². The maximum absolute atomic E-state index is 12.3. The van der Waals surface area contributed by atoms with Crippen molar-refractivity contribution in [3.8, 4) is 5.82 Å². The van der Waals surface area contributed by atoms with E-state index >= 15 is 0 Å². The molecule has 3 aromatic heterocycles. The summed E-state index contributed by atoms with van der Waals surface area (Å²) in [5, 5.41) is 9.33. The number of nitrogens with zero attached hydrogens (tertiary/aromatic N) is 3. The highest BCUT2D eigenvalue weighted by molar-refractivity contribution is 7.22. The Labute approximate surface area is 142 Å². The lowest BCUT2D eigenvalue weighted by molar-refractivity contribution is 0.102. The summed E-state index contributed by atoms with van der Waals surface area (Å²) in [5.74, 6) is 0.646. The van der Waals surface area contributed by atoms with E-state index < -0.39 is 0 Å². The van der Waals surface area contributed by atoms with Gasteiger partial charge in [0.05, 0.1) is 10.7 Å². The van der Waals surface area contributed by atoms with Crippen LogP contribution < -0.4 is 5.32 Å². The summed E-state index contributed by atoms with van der Waals surface area (Å²) in [7, 11) is 0. The molecule has 4 aromatic rings. The van der Waals surface area contributed by atoms with Crippen LogP contribution in [0, 0.1) is 6.92 Å². The predicted molar refractivity (Wildman–Crippen MR) is 95.9 cm³/mol. The van der Waals surface area contributed by atoms with Crippen molar-refractivity contribution in [2.45, 2.75) is 6.92 Å². The second-order valence-electron chi connectivity index (χ2n) is 5.33. The number of carbonyl (C=O) groups is 1. The number of aryl methyl sites for hydroxylation is 1. The number of hydrogen-bond donors (Lipinski definition) is 1. The fourth-order valence-electron chi connectivity index (χ4n) is 2.52. The fourth-order valence-corrected chi connectivity index (χ4v) is 3.58. The number of amides is 1. The molecule has 6 heteroatoms. The Morgan fingerprint density at radius 1 is 1.12 bits per heavy atom. The summed E-state index contributed by atoms with van der Waals surface area (Å²) < 4.78 is 1.81. The summed E-state index contributed by atoms with van der Waals surface area (Å²) in [6.07, 6.45) is 1.74. The molecule has 0 atom stereocenters. The third-order valence-electron chi connectivity index (χ3n) is 3.68. The van der Waals surface area contributed by atoms with E-state index in [0.29, 0.717) is 5.56 Å². The van der Waals surface area contributed by atoms with Gasteiger partial charge in [0.2, 0.25) is 0 Å². The van der Waals surface area contributed by atoms with Crippen molar-refractivity contribution in [3.05, 3.63) is 72.1 Å². The number of carbonyl (C=O) groups excluding carboxylic acids is 1. The molecule has 0 aliphatic rings. The van der Waals surface area contributed by atoms with Gasteiger partial charge in [-0.3, -0.25) is 4.79 Å². The van der Waals surface area contributed by atoms with E-state index in [9.17, 15) is 4.79 Å². The Bertz CT molecular complexity index is 1010. The molecule has 0 saturated carbocycles. The van der Waals surface area contributed by atoms with Crippen molar-refractivity contribution >= 4 is 32.5 Å². The van der Waals surface area contributed by atoms with Gasteiger partial charge in [0, 0.05) is 17.1 Å². The Balaban J connectivity index is 1.70. The first-order valence-corrected chi connectivity index (χ1v) is 8.31. The molecule has 1 amide bonds. The highest BCUT2D eigenvalue weighted by Gasteiger charge is 2.15. The first-order valence-electron chi connectivity index (χ1n) is 7.49. The third kappa shape index (κ3) is 2.57. The monoisotopic (exact) mass is 334 g/mol. The van der Waals surface area contributed by atoms with Crippen LogP contribution in [-0.4, -0.2) is 20.7 Å². The lowest BCUT2D eigenvalue weighted by Crippen LogP contribution is -2.10. The predicted octanol–water partition coefficient (Wildman–Crippen LogP) is 4.04. The number of nitrogens with one attached hydrogen (secondary N) is 1. The van der Waals surface area contributed by atoms with Gasteiger partial charge in [-0.1, -0.05) is 35.6 Å². The number of fused-ring (bicyclic) bond motifs is 1. The maximum Gasteiger partial charge on any atom is 0.256 e. The van der Waals surface area contributed by atoms with Crippen molar-refractivity contribution in [3.63, 3.8) is 0 Å². The van der Waals surface area contributed by atoms with E-state index in [1.807, 2.05) is 54.1 Å². The second-order valence-corrected chi connectivity index (χ2v) is 6.37. The van der Waals surface area contributed by atoms with E-state index in [4.69, 9.17) is 0 Å². The molecule has 118 valence electrons. The summed E-state index contributed by atoms with van der Waals surface area (Å²) >= 11 is 1.49. The Hall–Kier alpha value is -2.99. The largest absolute Gasteiger partial charge is 0.313 e. The van der Waals surface area contributed by atoms with E-state index in [1.165, 1.54) is 11.3 Å². The fraction of sp³-hybridized carbons (Fsp3) is 0.0556. The Kier molecular flexibility index (Phi) is 3.59. The molecule has 1 N–H and O–H groups in total. The van der Waals surface area contributed by atoms with Crippen molar-refractivity contribution in [2.75, 3.05) is 5.32 Å². The van der Waals surface area contributed by atoms with Crippen LogP contribution in [0.25, 0.3) is 16.0 Å². The zero-order valence-corrected chi connectivity index (χ0v) is 13.7. The van der Waals surface area contributed by atoms with Crippen LogP contribution in [0.2, 0.25) is 0 Å². The molecule has 1 aromatic carbocycles. The maximum atomic E-state index is 12.3. The average molecular weight is 334 g/mol. The lowest BCUT2D eigenvalue weighted by atomic mass is 10.2. The number of thiophene rings is 1. The zero-order chi connectivity index (χ0) is 16.5. The third-order valence-corrected chi connectivity index (χ3v) is 4.71. The standard InChI is InChI=1S/C18H14N4OS/c1-12-14-11-16(20-17(23)13-7-3-2-4-8-13)24-18(14)22(21-12)15-9-5-6-10-19-15/h2-11H,1H3,(H,20,23). The minimum atomic E-state index is -0.116. The highest BCUT2D eigenvalue weighted by atomic mass is 32.1. The second kappa shape index (κ2) is 5.90. The zero-order valence-electron chi connectivity index (χ0n) is 12.9. The Morgan fingerprint density at radius 2 is 1.92 bits per heavy atom. The van der Waals surface area contributed by atoms with E-state index in [-0.39, 0.29) is 5.91 Å². The number of benzene rings is 1. The van der Waals surface area contributed by atoms with Gasteiger partial charge in [-0.15, -0.1) is 0 Å². The van der Waals surface area contributed by atoms with Crippen LogP contribution in [0.1, 0.15) is 16.1 Å². The molecule has 0 unspecified atom stereocenters. The number of pyridine rings is 1. The molecular weight excluding hydrogens is 320 g/mol. The quantitative estimate of drug-likeness (QED) is 0.615. The minimum absolute atomic E-state index is 0.116. The van der Waals surface area contributed by atoms with Crippen molar-refractivity contribution in [1.82, 2.24) is 14.8 Å². The molecule has 4 rings (SSSR count). The molecular formula is C18H14N4OS. The van der Waals surface area contributed by atoms with E-state index in [1.54, 1.807) is 18.3 Å². The van der Waals surface area contributed by atoms with Crippen molar-refractivity contribution < 1.29 is 4.79 Å². The van der Waals surface area contributed by atoms with E-state index in [2.05, 4.69) is 15.4 Å².